The molecule has 0 fully saturated rings. The summed E-state index contributed by atoms with van der Waals surface area (Å²) in [5, 5.41) is 0. The Kier molecular flexibility index (Phi) is 29.3. The number of allylic oxidation sites excluding steroid dienone is 2. The van der Waals surface area contributed by atoms with Gasteiger partial charge in [-0.1, -0.05) is 193 Å². The standard InChI is InChI=1S/C40H74O4/c1-3-5-7-9-11-13-15-17-19-21-23-25-27-31-35-43-39(41)37-33-29-30-34-38(37)40(42)44-36-32-28-26-24-22-20-18-16-14-12-10-8-6-4-2/h29-30,37-38H,3-28,31-36H2,1-2H3. The first-order chi connectivity index (χ1) is 21.7. The summed E-state index contributed by atoms with van der Waals surface area (Å²) in [6, 6.07) is 0. The molecule has 4 nitrogen and oxygen atoms in total. The lowest BCUT2D eigenvalue weighted by molar-refractivity contribution is -0.161. The fourth-order valence-electron chi connectivity index (χ4n) is 6.49. The highest BCUT2D eigenvalue weighted by Gasteiger charge is 2.36. The highest BCUT2D eigenvalue weighted by Crippen LogP contribution is 2.28. The normalized spacial score (nSPS) is 16.3. The second kappa shape index (κ2) is 31.7. The first-order valence-electron chi connectivity index (χ1n) is 19.7. The Morgan fingerprint density at radius 1 is 0.409 bits per heavy atom. The highest BCUT2D eigenvalue weighted by molar-refractivity contribution is 5.82. The summed E-state index contributed by atoms with van der Waals surface area (Å²) in [6.45, 7) is 5.49. The molecule has 0 aliphatic heterocycles. The van der Waals surface area contributed by atoms with Crippen LogP contribution in [0, 0.1) is 11.8 Å². The third kappa shape index (κ3) is 24.0. The van der Waals surface area contributed by atoms with Gasteiger partial charge in [0.1, 0.15) is 0 Å². The molecule has 0 saturated carbocycles. The summed E-state index contributed by atoms with van der Waals surface area (Å²) in [4.78, 5) is 25.6. The summed E-state index contributed by atoms with van der Waals surface area (Å²) in [5.74, 6) is -1.23. The second-order valence-corrected chi connectivity index (χ2v) is 13.7. The fourth-order valence-corrected chi connectivity index (χ4v) is 6.49. The summed E-state index contributed by atoms with van der Waals surface area (Å²) in [6.07, 6.45) is 41.9. The Hall–Kier alpha value is -1.32. The minimum absolute atomic E-state index is 0.220. The van der Waals surface area contributed by atoms with Gasteiger partial charge in [-0.2, -0.15) is 0 Å². The molecule has 0 heterocycles. The van der Waals surface area contributed by atoms with Crippen LogP contribution in [-0.4, -0.2) is 25.2 Å². The highest BCUT2D eigenvalue weighted by atomic mass is 16.5. The number of esters is 2. The van der Waals surface area contributed by atoms with Crippen LogP contribution in [0.15, 0.2) is 12.2 Å². The third-order valence-corrected chi connectivity index (χ3v) is 9.52. The second-order valence-electron chi connectivity index (χ2n) is 13.7. The van der Waals surface area contributed by atoms with Gasteiger partial charge >= 0.3 is 11.9 Å². The Morgan fingerprint density at radius 2 is 0.636 bits per heavy atom. The van der Waals surface area contributed by atoms with Crippen LogP contribution in [0.1, 0.15) is 206 Å². The maximum atomic E-state index is 12.8. The number of ether oxygens (including phenoxy) is 2. The van der Waals surface area contributed by atoms with Crippen molar-refractivity contribution in [2.24, 2.45) is 11.8 Å². The maximum absolute atomic E-state index is 12.8. The number of rotatable bonds is 32. The van der Waals surface area contributed by atoms with Gasteiger partial charge in [0.05, 0.1) is 25.0 Å². The van der Waals surface area contributed by atoms with E-state index in [4.69, 9.17) is 9.47 Å². The quantitative estimate of drug-likeness (QED) is 0.0427. The Labute approximate surface area is 274 Å². The molecule has 0 spiro atoms. The van der Waals surface area contributed by atoms with Crippen LogP contribution < -0.4 is 0 Å². The SMILES string of the molecule is CCCCCCCCCCCCCCCCOC(=O)C1CC=CCC1C(=O)OCCCCCCCCCCCCCCCC. The van der Waals surface area contributed by atoms with Crippen LogP contribution in [0.5, 0.6) is 0 Å². The van der Waals surface area contributed by atoms with Crippen molar-refractivity contribution < 1.29 is 19.1 Å². The molecule has 0 N–H and O–H groups in total. The van der Waals surface area contributed by atoms with E-state index >= 15 is 0 Å². The van der Waals surface area contributed by atoms with Gasteiger partial charge in [-0.05, 0) is 25.7 Å². The maximum Gasteiger partial charge on any atom is 0.310 e. The molecule has 1 aliphatic rings. The molecular formula is C40H74O4. The molecule has 0 bridgehead atoms. The number of carbonyl (C=O) groups excluding carboxylic acids is 2. The van der Waals surface area contributed by atoms with E-state index in [9.17, 15) is 9.59 Å². The zero-order valence-electron chi connectivity index (χ0n) is 29.6. The van der Waals surface area contributed by atoms with Gasteiger partial charge in [0.2, 0.25) is 0 Å². The summed E-state index contributed by atoms with van der Waals surface area (Å²) in [7, 11) is 0. The van der Waals surface area contributed by atoms with E-state index in [0.717, 1.165) is 25.7 Å². The Bertz CT molecular complexity index is 616. The zero-order valence-corrected chi connectivity index (χ0v) is 29.6. The molecule has 1 aliphatic carbocycles. The van der Waals surface area contributed by atoms with Crippen LogP contribution >= 0.6 is 0 Å². The third-order valence-electron chi connectivity index (χ3n) is 9.52. The van der Waals surface area contributed by atoms with E-state index in [-0.39, 0.29) is 11.9 Å². The largest absolute Gasteiger partial charge is 0.465 e. The summed E-state index contributed by atoms with van der Waals surface area (Å²) in [5.41, 5.74) is 0. The van der Waals surface area contributed by atoms with Crippen molar-refractivity contribution in [1.82, 2.24) is 0 Å². The average molecular weight is 619 g/mol. The van der Waals surface area contributed by atoms with Crippen molar-refractivity contribution in [1.29, 1.82) is 0 Å². The lowest BCUT2D eigenvalue weighted by Gasteiger charge is -2.25. The minimum atomic E-state index is -0.393. The lowest BCUT2D eigenvalue weighted by atomic mass is 9.83. The van der Waals surface area contributed by atoms with Gasteiger partial charge in [-0.15, -0.1) is 0 Å². The van der Waals surface area contributed by atoms with Crippen molar-refractivity contribution in [2.45, 2.75) is 206 Å². The van der Waals surface area contributed by atoms with Gasteiger partial charge in [0.25, 0.3) is 0 Å². The summed E-state index contributed by atoms with van der Waals surface area (Å²) >= 11 is 0. The number of carbonyl (C=O) groups is 2. The first-order valence-corrected chi connectivity index (χ1v) is 19.7. The molecular weight excluding hydrogens is 544 g/mol. The molecule has 0 radical (unpaired) electrons. The monoisotopic (exact) mass is 619 g/mol. The van der Waals surface area contributed by atoms with Crippen LogP contribution in [0.25, 0.3) is 0 Å². The van der Waals surface area contributed by atoms with E-state index in [0.29, 0.717) is 26.1 Å². The van der Waals surface area contributed by atoms with Crippen molar-refractivity contribution in [3.63, 3.8) is 0 Å². The predicted octanol–water partition coefficient (Wildman–Crippen LogP) is 12.6. The van der Waals surface area contributed by atoms with E-state index in [1.165, 1.54) is 154 Å². The number of unbranched alkanes of at least 4 members (excludes halogenated alkanes) is 26. The molecule has 0 aromatic heterocycles. The number of hydrogen-bond donors (Lipinski definition) is 0. The molecule has 258 valence electrons. The van der Waals surface area contributed by atoms with Gasteiger partial charge < -0.3 is 9.47 Å². The fraction of sp³-hybridized carbons (Fsp3) is 0.900. The Morgan fingerprint density at radius 3 is 0.886 bits per heavy atom. The van der Waals surface area contributed by atoms with Crippen LogP contribution in [0.2, 0.25) is 0 Å². The van der Waals surface area contributed by atoms with Gasteiger partial charge in [0, 0.05) is 0 Å². The van der Waals surface area contributed by atoms with E-state index in [1.54, 1.807) is 0 Å². The van der Waals surface area contributed by atoms with E-state index < -0.39 is 11.8 Å². The molecule has 0 aromatic carbocycles. The van der Waals surface area contributed by atoms with E-state index in [1.807, 2.05) is 12.2 Å². The van der Waals surface area contributed by atoms with Gasteiger partial charge in [-0.3, -0.25) is 9.59 Å². The molecule has 1 rings (SSSR count). The number of hydrogen-bond acceptors (Lipinski definition) is 4. The predicted molar refractivity (Wildman–Crippen MR) is 188 cm³/mol. The lowest BCUT2D eigenvalue weighted by Crippen LogP contribution is -2.34. The van der Waals surface area contributed by atoms with Crippen molar-refractivity contribution >= 4 is 11.9 Å². The zero-order chi connectivity index (χ0) is 31.8. The summed E-state index contributed by atoms with van der Waals surface area (Å²) < 4.78 is 11.2. The molecule has 0 aromatic rings. The Balaban J connectivity index is 1.99. The van der Waals surface area contributed by atoms with Crippen LogP contribution in [-0.2, 0) is 19.1 Å². The van der Waals surface area contributed by atoms with Gasteiger partial charge in [0.15, 0.2) is 0 Å². The minimum Gasteiger partial charge on any atom is -0.465 e. The van der Waals surface area contributed by atoms with Crippen molar-refractivity contribution in [3.05, 3.63) is 12.2 Å². The van der Waals surface area contributed by atoms with Crippen molar-refractivity contribution in [3.8, 4) is 0 Å². The molecule has 2 unspecified atom stereocenters. The molecule has 44 heavy (non-hydrogen) atoms. The van der Waals surface area contributed by atoms with Gasteiger partial charge in [-0.25, -0.2) is 0 Å². The smallest absolute Gasteiger partial charge is 0.310 e. The average Bonchev–Trinajstić information content (AvgIpc) is 3.04. The molecule has 0 saturated heterocycles. The van der Waals surface area contributed by atoms with Crippen LogP contribution in [0.3, 0.4) is 0 Å². The molecule has 4 heteroatoms. The van der Waals surface area contributed by atoms with E-state index in [2.05, 4.69) is 13.8 Å². The molecule has 0 amide bonds. The molecule has 2 atom stereocenters. The topological polar surface area (TPSA) is 52.6 Å². The van der Waals surface area contributed by atoms with Crippen LogP contribution in [0.4, 0.5) is 0 Å². The first kappa shape index (κ1) is 40.7. The van der Waals surface area contributed by atoms with Crippen molar-refractivity contribution in [2.75, 3.05) is 13.2 Å².